The highest BCUT2D eigenvalue weighted by atomic mass is 19.1. The molecule has 1 aromatic rings. The van der Waals surface area contributed by atoms with Crippen LogP contribution in [0.3, 0.4) is 0 Å². The number of benzene rings is 1. The number of hydrogen-bond acceptors (Lipinski definition) is 4. The van der Waals surface area contributed by atoms with Crippen molar-refractivity contribution in [2.24, 2.45) is 0 Å². The summed E-state index contributed by atoms with van der Waals surface area (Å²) in [5, 5.41) is 1.68. The van der Waals surface area contributed by atoms with Crippen molar-refractivity contribution in [2.45, 2.75) is 26.4 Å². The predicted molar refractivity (Wildman–Crippen MR) is 64.5 cm³/mol. The summed E-state index contributed by atoms with van der Waals surface area (Å²) in [6.07, 6.45) is 0.859. The molecule has 1 fully saturated rings. The second kappa shape index (κ2) is 4.79. The zero-order chi connectivity index (χ0) is 12.4. The summed E-state index contributed by atoms with van der Waals surface area (Å²) < 4.78 is 19.0. The molecule has 5 heteroatoms. The first-order valence-corrected chi connectivity index (χ1v) is 5.74. The van der Waals surface area contributed by atoms with Gasteiger partial charge in [-0.05, 0) is 20.3 Å². The minimum Gasteiger partial charge on any atom is -0.488 e. The maximum Gasteiger partial charge on any atom is 0.167 e. The summed E-state index contributed by atoms with van der Waals surface area (Å²) in [5.74, 6) is -0.237. The molecule has 0 atom stereocenters. The Morgan fingerprint density at radius 1 is 1.47 bits per heavy atom. The Morgan fingerprint density at radius 3 is 2.82 bits per heavy atom. The summed E-state index contributed by atoms with van der Waals surface area (Å²) in [6, 6.07) is 2.87. The lowest BCUT2D eigenvalue weighted by Crippen LogP contribution is -2.18. The van der Waals surface area contributed by atoms with Crippen molar-refractivity contribution < 1.29 is 14.0 Å². The van der Waals surface area contributed by atoms with Crippen LogP contribution < -0.4 is 15.5 Å². The third kappa shape index (κ3) is 2.61. The van der Waals surface area contributed by atoms with Gasteiger partial charge in [0.2, 0.25) is 0 Å². The molecule has 1 aliphatic heterocycles. The highest BCUT2D eigenvalue weighted by Crippen LogP contribution is 2.33. The molecule has 1 heterocycles. The Kier molecular flexibility index (Phi) is 3.38. The normalized spacial score (nSPS) is 15.6. The number of nitrogens with zero attached hydrogens (tertiary/aromatic N) is 1. The average Bonchev–Trinajstić information content (AvgIpc) is 2.74. The van der Waals surface area contributed by atoms with Gasteiger partial charge < -0.3 is 10.5 Å². The maximum atomic E-state index is 13.6. The number of hydroxylamine groups is 1. The minimum absolute atomic E-state index is 0.0829. The molecule has 2 rings (SSSR count). The van der Waals surface area contributed by atoms with E-state index in [1.54, 1.807) is 11.1 Å². The van der Waals surface area contributed by atoms with Crippen LogP contribution in [0.25, 0.3) is 0 Å². The molecule has 1 aliphatic rings. The van der Waals surface area contributed by atoms with Crippen LogP contribution in [0.5, 0.6) is 5.75 Å². The maximum absolute atomic E-state index is 13.6. The Labute approximate surface area is 100 Å². The molecule has 17 heavy (non-hydrogen) atoms. The first-order chi connectivity index (χ1) is 8.08. The molecule has 0 bridgehead atoms. The van der Waals surface area contributed by atoms with Crippen molar-refractivity contribution in [3.05, 3.63) is 17.9 Å². The molecule has 0 spiro atoms. The number of rotatable bonds is 3. The minimum atomic E-state index is -0.445. The van der Waals surface area contributed by atoms with Gasteiger partial charge in [-0.15, -0.1) is 0 Å². The molecule has 0 unspecified atom stereocenters. The van der Waals surface area contributed by atoms with Crippen molar-refractivity contribution in [1.82, 2.24) is 0 Å². The number of anilines is 2. The van der Waals surface area contributed by atoms with Gasteiger partial charge in [-0.2, -0.15) is 0 Å². The van der Waals surface area contributed by atoms with E-state index in [1.165, 1.54) is 6.07 Å². The molecule has 0 saturated carbocycles. The van der Waals surface area contributed by atoms with Gasteiger partial charge in [0.15, 0.2) is 11.6 Å². The van der Waals surface area contributed by atoms with E-state index >= 15 is 0 Å². The van der Waals surface area contributed by atoms with Crippen LogP contribution in [-0.2, 0) is 4.84 Å². The van der Waals surface area contributed by atoms with Gasteiger partial charge in [-0.1, -0.05) is 0 Å². The van der Waals surface area contributed by atoms with E-state index in [-0.39, 0.29) is 11.9 Å². The largest absolute Gasteiger partial charge is 0.488 e. The van der Waals surface area contributed by atoms with Crippen LogP contribution in [-0.4, -0.2) is 19.3 Å². The average molecular weight is 240 g/mol. The molecule has 0 radical (unpaired) electrons. The summed E-state index contributed by atoms with van der Waals surface area (Å²) in [4.78, 5) is 5.39. The van der Waals surface area contributed by atoms with Gasteiger partial charge in [0.25, 0.3) is 0 Å². The van der Waals surface area contributed by atoms with E-state index < -0.39 is 5.82 Å². The van der Waals surface area contributed by atoms with Crippen LogP contribution in [0.2, 0.25) is 0 Å². The van der Waals surface area contributed by atoms with Gasteiger partial charge in [-0.3, -0.25) is 9.90 Å². The lowest BCUT2D eigenvalue weighted by atomic mass is 10.2. The number of halogens is 1. The molecule has 4 nitrogen and oxygen atoms in total. The highest BCUT2D eigenvalue weighted by Gasteiger charge is 2.19. The quantitative estimate of drug-likeness (QED) is 0.824. The lowest BCUT2D eigenvalue weighted by Gasteiger charge is -2.20. The summed E-state index contributed by atoms with van der Waals surface area (Å²) in [5.41, 5.74) is 6.81. The first-order valence-electron chi connectivity index (χ1n) is 5.74. The summed E-state index contributed by atoms with van der Waals surface area (Å²) >= 11 is 0. The van der Waals surface area contributed by atoms with Crippen LogP contribution in [0, 0.1) is 5.82 Å². The van der Waals surface area contributed by atoms with Crippen LogP contribution >= 0.6 is 0 Å². The SMILES string of the molecule is CC(C)Oc1cc(N2CCCO2)c(N)cc1F. The number of hydrogen-bond donors (Lipinski definition) is 1. The molecule has 0 amide bonds. The zero-order valence-electron chi connectivity index (χ0n) is 10.1. The molecule has 2 N–H and O–H groups in total. The number of ether oxygens (including phenoxy) is 1. The fraction of sp³-hybridized carbons (Fsp3) is 0.500. The molecule has 1 aromatic carbocycles. The molecule has 1 saturated heterocycles. The fourth-order valence-electron chi connectivity index (χ4n) is 1.76. The number of nitrogens with two attached hydrogens (primary N) is 1. The predicted octanol–water partition coefficient (Wildman–Crippen LogP) is 2.34. The Balaban J connectivity index is 2.31. The lowest BCUT2D eigenvalue weighted by molar-refractivity contribution is 0.168. The van der Waals surface area contributed by atoms with Crippen molar-refractivity contribution in [3.8, 4) is 5.75 Å². The zero-order valence-corrected chi connectivity index (χ0v) is 10.1. The molecular formula is C12H17FN2O2. The van der Waals surface area contributed by atoms with Crippen molar-refractivity contribution in [2.75, 3.05) is 23.9 Å². The van der Waals surface area contributed by atoms with Gasteiger partial charge >= 0.3 is 0 Å². The van der Waals surface area contributed by atoms with Crippen molar-refractivity contribution in [1.29, 1.82) is 0 Å². The monoisotopic (exact) mass is 240 g/mol. The van der Waals surface area contributed by atoms with Crippen LogP contribution in [0.15, 0.2) is 12.1 Å². The van der Waals surface area contributed by atoms with E-state index in [0.29, 0.717) is 18.0 Å². The standard InChI is InChI=1S/C12H17FN2O2/c1-8(2)17-12-7-11(10(14)6-9(12)13)15-4-3-5-16-15/h6-8H,3-5,14H2,1-2H3. The van der Waals surface area contributed by atoms with Gasteiger partial charge in [0.1, 0.15) is 0 Å². The van der Waals surface area contributed by atoms with Crippen LogP contribution in [0.1, 0.15) is 20.3 Å². The highest BCUT2D eigenvalue weighted by molar-refractivity contribution is 5.69. The van der Waals surface area contributed by atoms with Gasteiger partial charge in [0, 0.05) is 18.7 Å². The third-order valence-corrected chi connectivity index (χ3v) is 2.47. The summed E-state index contributed by atoms with van der Waals surface area (Å²) in [6.45, 7) is 5.12. The van der Waals surface area contributed by atoms with Gasteiger partial charge in [-0.25, -0.2) is 4.39 Å². The second-order valence-corrected chi connectivity index (χ2v) is 4.30. The van der Waals surface area contributed by atoms with E-state index in [1.807, 2.05) is 13.8 Å². The van der Waals surface area contributed by atoms with E-state index in [2.05, 4.69) is 0 Å². The van der Waals surface area contributed by atoms with E-state index in [4.69, 9.17) is 15.3 Å². The Bertz CT molecular complexity index is 404. The topological polar surface area (TPSA) is 47.7 Å². The van der Waals surface area contributed by atoms with E-state index in [0.717, 1.165) is 13.0 Å². The van der Waals surface area contributed by atoms with E-state index in [9.17, 15) is 4.39 Å². The molecule has 94 valence electrons. The molecule has 0 aromatic heterocycles. The summed E-state index contributed by atoms with van der Waals surface area (Å²) in [7, 11) is 0. The van der Waals surface area contributed by atoms with Crippen molar-refractivity contribution in [3.63, 3.8) is 0 Å². The fourth-order valence-corrected chi connectivity index (χ4v) is 1.76. The van der Waals surface area contributed by atoms with Gasteiger partial charge in [0.05, 0.1) is 24.1 Å². The third-order valence-electron chi connectivity index (χ3n) is 2.47. The first kappa shape index (κ1) is 12.0. The Morgan fingerprint density at radius 2 is 2.24 bits per heavy atom. The smallest absolute Gasteiger partial charge is 0.167 e. The number of nitrogen functional groups attached to an aromatic ring is 1. The molecule has 0 aliphatic carbocycles. The second-order valence-electron chi connectivity index (χ2n) is 4.30. The Hall–Kier alpha value is -1.49. The van der Waals surface area contributed by atoms with Crippen molar-refractivity contribution >= 4 is 11.4 Å². The molecular weight excluding hydrogens is 223 g/mol. The van der Waals surface area contributed by atoms with Crippen LogP contribution in [0.4, 0.5) is 15.8 Å².